The van der Waals surface area contributed by atoms with Crippen LogP contribution in [0.3, 0.4) is 0 Å². The summed E-state index contributed by atoms with van der Waals surface area (Å²) in [5, 5.41) is 7.75. The number of hydrogen-bond acceptors (Lipinski definition) is 5. The third-order valence-corrected chi connectivity index (χ3v) is 5.14. The van der Waals surface area contributed by atoms with Crippen LogP contribution in [-0.4, -0.2) is 52.5 Å². The summed E-state index contributed by atoms with van der Waals surface area (Å²) in [4.78, 5) is 18.9. The zero-order valence-electron chi connectivity index (χ0n) is 15.6. The molecule has 0 spiro atoms. The number of rotatable bonds is 5. The number of methoxy groups -OCH3 is 1. The minimum Gasteiger partial charge on any atom is -0.440 e. The van der Waals surface area contributed by atoms with Gasteiger partial charge in [-0.2, -0.15) is 5.10 Å². The summed E-state index contributed by atoms with van der Waals surface area (Å²) in [7, 11) is 1.64. The lowest BCUT2D eigenvalue weighted by atomic mass is 9.97. The van der Waals surface area contributed by atoms with Crippen LogP contribution in [0.15, 0.2) is 35.0 Å². The van der Waals surface area contributed by atoms with Gasteiger partial charge in [-0.15, -0.1) is 0 Å². The number of halogens is 1. The van der Waals surface area contributed by atoms with Crippen LogP contribution in [0.5, 0.6) is 0 Å². The van der Waals surface area contributed by atoms with Crippen LogP contribution < -0.4 is 5.32 Å². The number of nitrogens with one attached hydrogen (secondary N) is 1. The Morgan fingerprint density at radius 1 is 1.39 bits per heavy atom. The predicted molar refractivity (Wildman–Crippen MR) is 106 cm³/mol. The second kappa shape index (κ2) is 8.20. The fraction of sp³-hybridized carbons (Fsp3) is 0.421. The minimum absolute atomic E-state index is 0.117. The average Bonchev–Trinajstić information content (AvgIpc) is 3.32. The Kier molecular flexibility index (Phi) is 5.50. The highest BCUT2D eigenvalue weighted by atomic mass is 35.5. The summed E-state index contributed by atoms with van der Waals surface area (Å²) < 4.78 is 12.6. The first-order valence-electron chi connectivity index (χ1n) is 9.25. The van der Waals surface area contributed by atoms with E-state index >= 15 is 0 Å². The molecule has 8 nitrogen and oxygen atoms in total. The zero-order chi connectivity index (χ0) is 19.5. The molecule has 1 aliphatic rings. The lowest BCUT2D eigenvalue weighted by Gasteiger charge is -2.30. The average molecular weight is 404 g/mol. The third-order valence-electron chi connectivity index (χ3n) is 4.91. The number of likely N-dealkylation sites (tertiary alicyclic amines) is 1. The van der Waals surface area contributed by atoms with Gasteiger partial charge in [0.1, 0.15) is 5.52 Å². The Balaban J connectivity index is 1.32. The number of amides is 2. The van der Waals surface area contributed by atoms with Gasteiger partial charge in [0.25, 0.3) is 0 Å². The number of oxazole rings is 1. The van der Waals surface area contributed by atoms with Gasteiger partial charge in [-0.05, 0) is 31.0 Å². The van der Waals surface area contributed by atoms with Crippen LogP contribution >= 0.6 is 11.6 Å². The number of piperidine rings is 1. The molecule has 2 aromatic heterocycles. The van der Waals surface area contributed by atoms with Crippen molar-refractivity contribution in [3.63, 3.8) is 0 Å². The van der Waals surface area contributed by atoms with Crippen LogP contribution in [0.2, 0.25) is 5.02 Å². The van der Waals surface area contributed by atoms with Crippen LogP contribution in [0, 0.1) is 0 Å². The van der Waals surface area contributed by atoms with E-state index in [-0.39, 0.29) is 11.9 Å². The lowest BCUT2D eigenvalue weighted by Crippen LogP contribution is -2.40. The number of nitrogens with zero attached hydrogens (tertiary/aromatic N) is 4. The fourth-order valence-electron chi connectivity index (χ4n) is 3.36. The molecule has 1 N–H and O–H groups in total. The van der Waals surface area contributed by atoms with E-state index < -0.39 is 0 Å². The molecule has 0 radical (unpaired) electrons. The summed E-state index contributed by atoms with van der Waals surface area (Å²) in [6.07, 6.45) is 5.05. The molecule has 0 atom stereocenters. The van der Waals surface area contributed by atoms with Gasteiger partial charge in [-0.1, -0.05) is 11.6 Å². The van der Waals surface area contributed by atoms with Crippen molar-refractivity contribution in [2.75, 3.05) is 32.1 Å². The number of urea groups is 1. The summed E-state index contributed by atoms with van der Waals surface area (Å²) in [6.45, 7) is 2.51. The van der Waals surface area contributed by atoms with Crippen LogP contribution in [0.4, 0.5) is 10.5 Å². The van der Waals surface area contributed by atoms with Gasteiger partial charge in [0.2, 0.25) is 0 Å². The fourth-order valence-corrected chi connectivity index (χ4v) is 3.53. The van der Waals surface area contributed by atoms with E-state index in [1.807, 2.05) is 11.0 Å². The Morgan fingerprint density at radius 3 is 3.00 bits per heavy atom. The van der Waals surface area contributed by atoms with Gasteiger partial charge >= 0.3 is 6.03 Å². The number of carbonyl (C=O) groups is 1. The molecule has 1 fully saturated rings. The van der Waals surface area contributed by atoms with E-state index in [2.05, 4.69) is 15.4 Å². The van der Waals surface area contributed by atoms with E-state index in [0.29, 0.717) is 37.0 Å². The maximum Gasteiger partial charge on any atom is 0.321 e. The van der Waals surface area contributed by atoms with Gasteiger partial charge in [0.15, 0.2) is 11.5 Å². The molecule has 0 saturated carbocycles. The maximum atomic E-state index is 12.5. The predicted octanol–water partition coefficient (Wildman–Crippen LogP) is 3.74. The topological polar surface area (TPSA) is 85.4 Å². The van der Waals surface area contributed by atoms with Crippen molar-refractivity contribution in [1.29, 1.82) is 0 Å². The molecule has 0 bridgehead atoms. The Hall–Kier alpha value is -2.58. The van der Waals surface area contributed by atoms with Crippen molar-refractivity contribution in [2.45, 2.75) is 25.3 Å². The minimum atomic E-state index is -0.117. The number of hydrogen-bond donors (Lipinski definition) is 1. The van der Waals surface area contributed by atoms with Gasteiger partial charge in [0, 0.05) is 37.3 Å². The van der Waals surface area contributed by atoms with Crippen LogP contribution in [0.25, 0.3) is 11.1 Å². The van der Waals surface area contributed by atoms with Gasteiger partial charge < -0.3 is 19.4 Å². The van der Waals surface area contributed by atoms with Gasteiger partial charge in [0.05, 0.1) is 25.0 Å². The standard InChI is InChI=1S/C19H22ClN5O3/c1-27-9-8-25-12-15(11-21-25)22-19(26)24-6-4-13(5-7-24)18-23-16-10-14(20)2-3-17(16)28-18/h2-3,10-13H,4-9H2,1H3,(H,22,26). The Bertz CT molecular complexity index is 962. The van der Waals surface area contributed by atoms with Crippen molar-refractivity contribution in [1.82, 2.24) is 19.7 Å². The number of aromatic nitrogens is 3. The first kappa shape index (κ1) is 18.8. The monoisotopic (exact) mass is 403 g/mol. The van der Waals surface area contributed by atoms with Crippen LogP contribution in [-0.2, 0) is 11.3 Å². The molecule has 0 unspecified atom stereocenters. The Labute approximate surface area is 167 Å². The van der Waals surface area contributed by atoms with Gasteiger partial charge in [-0.3, -0.25) is 4.68 Å². The van der Waals surface area contributed by atoms with Crippen molar-refractivity contribution in [3.8, 4) is 0 Å². The summed E-state index contributed by atoms with van der Waals surface area (Å²) in [6, 6.07) is 5.32. The van der Waals surface area contributed by atoms with E-state index in [9.17, 15) is 4.79 Å². The zero-order valence-corrected chi connectivity index (χ0v) is 16.4. The van der Waals surface area contributed by atoms with E-state index in [4.69, 9.17) is 20.8 Å². The number of benzene rings is 1. The molecule has 3 aromatic rings. The molecule has 1 saturated heterocycles. The summed E-state index contributed by atoms with van der Waals surface area (Å²) >= 11 is 6.02. The molecule has 28 heavy (non-hydrogen) atoms. The SMILES string of the molecule is COCCn1cc(NC(=O)N2CCC(c3nc4cc(Cl)ccc4o3)CC2)cn1. The summed E-state index contributed by atoms with van der Waals surface area (Å²) in [5.74, 6) is 0.920. The molecule has 0 aliphatic carbocycles. The van der Waals surface area contributed by atoms with E-state index in [0.717, 1.165) is 29.8 Å². The highest BCUT2D eigenvalue weighted by Gasteiger charge is 2.27. The van der Waals surface area contributed by atoms with Crippen molar-refractivity contribution in [2.24, 2.45) is 0 Å². The normalized spacial score (nSPS) is 15.3. The molecule has 1 aromatic carbocycles. The van der Waals surface area contributed by atoms with Crippen LogP contribution in [0.1, 0.15) is 24.7 Å². The third kappa shape index (κ3) is 4.13. The maximum absolute atomic E-state index is 12.5. The highest BCUT2D eigenvalue weighted by Crippen LogP contribution is 2.31. The second-order valence-corrected chi connectivity index (χ2v) is 7.28. The molecular formula is C19H22ClN5O3. The van der Waals surface area contributed by atoms with E-state index in [1.54, 1.807) is 36.3 Å². The van der Waals surface area contributed by atoms with Crippen molar-refractivity contribution in [3.05, 3.63) is 41.5 Å². The molecule has 9 heteroatoms. The molecule has 2 amide bonds. The molecule has 1 aliphatic heterocycles. The second-order valence-electron chi connectivity index (χ2n) is 6.84. The number of fused-ring (bicyclic) bond motifs is 1. The first-order chi connectivity index (χ1) is 13.6. The van der Waals surface area contributed by atoms with Crippen molar-refractivity contribution >= 4 is 34.4 Å². The quantitative estimate of drug-likeness (QED) is 0.701. The number of ether oxygens (including phenoxy) is 1. The number of anilines is 1. The van der Waals surface area contributed by atoms with Gasteiger partial charge in [-0.25, -0.2) is 9.78 Å². The molecule has 148 valence electrons. The smallest absolute Gasteiger partial charge is 0.321 e. The molecular weight excluding hydrogens is 382 g/mol. The molecule has 4 rings (SSSR count). The van der Waals surface area contributed by atoms with E-state index in [1.165, 1.54) is 0 Å². The summed E-state index contributed by atoms with van der Waals surface area (Å²) in [5.41, 5.74) is 2.19. The lowest BCUT2D eigenvalue weighted by molar-refractivity contribution is 0.183. The first-order valence-corrected chi connectivity index (χ1v) is 9.63. The van der Waals surface area contributed by atoms with Crippen molar-refractivity contribution < 1.29 is 13.9 Å². The number of carbonyl (C=O) groups excluding carboxylic acids is 1. The molecule has 3 heterocycles. The Morgan fingerprint density at radius 2 is 2.21 bits per heavy atom. The highest BCUT2D eigenvalue weighted by molar-refractivity contribution is 6.31. The largest absolute Gasteiger partial charge is 0.440 e.